The molecule has 0 amide bonds. The number of methoxy groups -OCH3 is 1. The van der Waals surface area contributed by atoms with Crippen molar-refractivity contribution in [2.45, 2.75) is 16.3 Å². The van der Waals surface area contributed by atoms with Gasteiger partial charge in [0.1, 0.15) is 11.6 Å². The average molecular weight is 439 g/mol. The van der Waals surface area contributed by atoms with Gasteiger partial charge in [0.2, 0.25) is 9.84 Å². The molecule has 1 aliphatic heterocycles. The highest BCUT2D eigenvalue weighted by molar-refractivity contribution is 7.91. The third-order valence-corrected chi connectivity index (χ3v) is 6.96. The summed E-state index contributed by atoms with van der Waals surface area (Å²) >= 11 is 0. The van der Waals surface area contributed by atoms with Crippen molar-refractivity contribution in [2.24, 2.45) is 0 Å². The normalized spacial score (nSPS) is 15.2. The predicted molar refractivity (Wildman–Crippen MR) is 107 cm³/mol. The minimum atomic E-state index is -4.15. The van der Waals surface area contributed by atoms with E-state index in [9.17, 15) is 21.6 Å². The largest absolute Gasteiger partial charge is 0.495 e. The summed E-state index contributed by atoms with van der Waals surface area (Å²) in [6.07, 6.45) is 0.860. The Morgan fingerprint density at radius 3 is 2.50 bits per heavy atom. The number of fused-ring (bicyclic) bond motifs is 1. The fourth-order valence-corrected chi connectivity index (χ4v) is 5.17. The van der Waals surface area contributed by atoms with E-state index in [2.05, 4.69) is 5.32 Å². The zero-order valence-corrected chi connectivity index (χ0v) is 16.9. The molecule has 0 bridgehead atoms. The number of nitrogens with zero attached hydrogens (tertiary/aromatic N) is 2. The summed E-state index contributed by atoms with van der Waals surface area (Å²) in [5, 5.41) is 3.26. The molecule has 0 spiro atoms. The van der Waals surface area contributed by atoms with E-state index in [0.29, 0.717) is 29.1 Å². The van der Waals surface area contributed by atoms with Gasteiger partial charge in [-0.05, 0) is 36.4 Å². The fraction of sp³-hybridized carbons (Fsp3) is 0.300. The molecule has 2 aromatic carbocycles. The Morgan fingerprint density at radius 2 is 1.83 bits per heavy atom. The standard InChI is InChI=1S/C20H20F3N3O3S/c1-29-18-5-3-14(11-17(18)25-8-6-24-7-9-25)30(27,28)19-12-26(20(22)23)16-10-13(21)2-4-15(16)19/h2-5,10-12,20,24H,6-9H2,1H3. The van der Waals surface area contributed by atoms with Gasteiger partial charge >= 0.3 is 6.55 Å². The molecule has 10 heteroatoms. The van der Waals surface area contributed by atoms with Crippen molar-refractivity contribution in [3.8, 4) is 5.75 Å². The van der Waals surface area contributed by atoms with Crippen molar-refractivity contribution >= 4 is 26.4 Å². The molecule has 1 N–H and O–H groups in total. The molecule has 0 atom stereocenters. The van der Waals surface area contributed by atoms with E-state index >= 15 is 0 Å². The molecule has 0 saturated carbocycles. The predicted octanol–water partition coefficient (Wildman–Crippen LogP) is 3.43. The molecule has 2 heterocycles. The van der Waals surface area contributed by atoms with Crippen LogP contribution in [0.5, 0.6) is 5.75 Å². The van der Waals surface area contributed by atoms with Crippen LogP contribution < -0.4 is 15.0 Å². The minimum absolute atomic E-state index is 0.0382. The number of benzene rings is 2. The number of halogens is 3. The van der Waals surface area contributed by atoms with Crippen LogP contribution in [0, 0.1) is 5.82 Å². The van der Waals surface area contributed by atoms with Gasteiger partial charge < -0.3 is 15.0 Å². The first-order valence-electron chi connectivity index (χ1n) is 9.30. The Hall–Kier alpha value is -2.72. The van der Waals surface area contributed by atoms with Gasteiger partial charge in [0.15, 0.2) is 0 Å². The molecule has 0 radical (unpaired) electrons. The van der Waals surface area contributed by atoms with Crippen LogP contribution >= 0.6 is 0 Å². The number of anilines is 1. The van der Waals surface area contributed by atoms with E-state index < -0.39 is 22.2 Å². The Kier molecular flexibility index (Phi) is 5.37. The van der Waals surface area contributed by atoms with E-state index in [1.807, 2.05) is 4.90 Å². The van der Waals surface area contributed by atoms with Crippen molar-refractivity contribution in [2.75, 3.05) is 38.2 Å². The summed E-state index contributed by atoms with van der Waals surface area (Å²) in [5.41, 5.74) is 0.433. The molecule has 6 nitrogen and oxygen atoms in total. The second-order valence-electron chi connectivity index (χ2n) is 6.91. The van der Waals surface area contributed by atoms with E-state index in [-0.39, 0.29) is 20.7 Å². The Balaban J connectivity index is 1.87. The third-order valence-electron chi connectivity index (χ3n) is 5.18. The van der Waals surface area contributed by atoms with Crippen molar-refractivity contribution in [1.82, 2.24) is 9.88 Å². The number of rotatable bonds is 5. The Bertz CT molecular complexity index is 1190. The maximum Gasteiger partial charge on any atom is 0.319 e. The van der Waals surface area contributed by atoms with E-state index in [1.54, 1.807) is 6.07 Å². The van der Waals surface area contributed by atoms with Crippen LogP contribution in [0.1, 0.15) is 6.55 Å². The summed E-state index contributed by atoms with van der Waals surface area (Å²) in [4.78, 5) is 1.66. The molecular formula is C20H20F3N3O3S. The summed E-state index contributed by atoms with van der Waals surface area (Å²) in [7, 11) is -2.65. The van der Waals surface area contributed by atoms with Crippen molar-refractivity contribution in [3.05, 3.63) is 48.4 Å². The Morgan fingerprint density at radius 1 is 1.10 bits per heavy atom. The number of hydrogen-bond acceptors (Lipinski definition) is 5. The van der Waals surface area contributed by atoms with E-state index in [0.717, 1.165) is 31.4 Å². The number of piperazine rings is 1. The molecule has 160 valence electrons. The topological polar surface area (TPSA) is 63.6 Å². The van der Waals surface area contributed by atoms with Gasteiger partial charge in [-0.15, -0.1) is 0 Å². The van der Waals surface area contributed by atoms with Gasteiger partial charge in [0, 0.05) is 37.8 Å². The first-order valence-corrected chi connectivity index (χ1v) is 10.8. The first-order chi connectivity index (χ1) is 14.3. The number of nitrogens with one attached hydrogen (secondary N) is 1. The summed E-state index contributed by atoms with van der Waals surface area (Å²) in [6.45, 7) is -0.181. The maximum absolute atomic E-state index is 13.6. The van der Waals surface area contributed by atoms with E-state index in [4.69, 9.17) is 4.74 Å². The highest BCUT2D eigenvalue weighted by atomic mass is 32.2. The van der Waals surface area contributed by atoms with Crippen molar-refractivity contribution in [1.29, 1.82) is 0 Å². The van der Waals surface area contributed by atoms with Gasteiger partial charge in [-0.1, -0.05) is 0 Å². The van der Waals surface area contributed by atoms with E-state index in [1.165, 1.54) is 25.3 Å². The number of alkyl halides is 2. The molecular weight excluding hydrogens is 419 g/mol. The summed E-state index contributed by atoms with van der Waals surface area (Å²) in [6, 6.07) is 7.59. The molecule has 0 unspecified atom stereocenters. The molecule has 1 aromatic heterocycles. The second-order valence-corrected chi connectivity index (χ2v) is 8.83. The number of ether oxygens (including phenoxy) is 1. The lowest BCUT2D eigenvalue weighted by atomic mass is 10.2. The minimum Gasteiger partial charge on any atom is -0.495 e. The van der Waals surface area contributed by atoms with Crippen LogP contribution in [-0.2, 0) is 9.84 Å². The fourth-order valence-electron chi connectivity index (χ4n) is 3.68. The van der Waals surface area contributed by atoms with Gasteiger partial charge in [-0.3, -0.25) is 4.57 Å². The Labute approximate surface area is 171 Å². The zero-order chi connectivity index (χ0) is 21.5. The first kappa shape index (κ1) is 20.5. The second kappa shape index (κ2) is 7.84. The lowest BCUT2D eigenvalue weighted by Crippen LogP contribution is -2.43. The molecule has 3 aromatic rings. The van der Waals surface area contributed by atoms with Crippen LogP contribution in [0.4, 0.5) is 18.9 Å². The summed E-state index contributed by atoms with van der Waals surface area (Å²) < 4.78 is 73.1. The number of aromatic nitrogens is 1. The third kappa shape index (κ3) is 3.50. The quantitative estimate of drug-likeness (QED) is 0.660. The zero-order valence-electron chi connectivity index (χ0n) is 16.1. The van der Waals surface area contributed by atoms with Gasteiger partial charge in [0.25, 0.3) is 0 Å². The van der Waals surface area contributed by atoms with Gasteiger partial charge in [-0.25, -0.2) is 12.8 Å². The van der Waals surface area contributed by atoms with Crippen LogP contribution in [0.15, 0.2) is 52.4 Å². The van der Waals surface area contributed by atoms with Crippen molar-refractivity contribution in [3.63, 3.8) is 0 Å². The molecule has 1 fully saturated rings. The molecule has 4 rings (SSSR count). The van der Waals surface area contributed by atoms with Crippen LogP contribution in [0.25, 0.3) is 10.9 Å². The van der Waals surface area contributed by atoms with Crippen LogP contribution in [-0.4, -0.2) is 46.3 Å². The van der Waals surface area contributed by atoms with Gasteiger partial charge in [-0.2, -0.15) is 8.78 Å². The molecule has 1 aliphatic rings. The van der Waals surface area contributed by atoms with Crippen LogP contribution in [0.3, 0.4) is 0 Å². The smallest absolute Gasteiger partial charge is 0.319 e. The SMILES string of the molecule is COc1ccc(S(=O)(=O)c2cn(C(F)F)c3cc(F)ccc23)cc1N1CCNCC1. The number of sulfone groups is 1. The monoisotopic (exact) mass is 439 g/mol. The van der Waals surface area contributed by atoms with Gasteiger partial charge in [0.05, 0.1) is 28.1 Å². The molecule has 1 saturated heterocycles. The van der Waals surface area contributed by atoms with Crippen molar-refractivity contribution < 1.29 is 26.3 Å². The molecule has 30 heavy (non-hydrogen) atoms. The molecule has 0 aliphatic carbocycles. The number of hydrogen-bond donors (Lipinski definition) is 1. The lowest BCUT2D eigenvalue weighted by molar-refractivity contribution is 0.0748. The van der Waals surface area contributed by atoms with Crippen LogP contribution in [0.2, 0.25) is 0 Å². The average Bonchev–Trinajstić information content (AvgIpc) is 3.13. The summed E-state index contributed by atoms with van der Waals surface area (Å²) in [5.74, 6) is -0.204. The maximum atomic E-state index is 13.6. The lowest BCUT2D eigenvalue weighted by Gasteiger charge is -2.30. The highest BCUT2D eigenvalue weighted by Crippen LogP contribution is 2.37. The highest BCUT2D eigenvalue weighted by Gasteiger charge is 2.27.